The molecule has 3 nitrogen and oxygen atoms in total. The van der Waals surface area contributed by atoms with E-state index in [4.69, 9.17) is 0 Å². The summed E-state index contributed by atoms with van der Waals surface area (Å²) in [6, 6.07) is 0. The molecule has 2 aliphatic carbocycles. The third kappa shape index (κ3) is 0.798. The van der Waals surface area contributed by atoms with Gasteiger partial charge in [-0.1, -0.05) is 0 Å². The lowest BCUT2D eigenvalue weighted by Crippen LogP contribution is -2.40. The quantitative estimate of drug-likeness (QED) is 0.428. The molecule has 0 heterocycles. The molecule has 2 saturated carbocycles. The van der Waals surface area contributed by atoms with Crippen molar-refractivity contribution < 1.29 is 4.92 Å². The van der Waals surface area contributed by atoms with Crippen molar-refractivity contribution in [1.82, 2.24) is 0 Å². The molecule has 2 bridgehead atoms. The van der Waals surface area contributed by atoms with Crippen LogP contribution in [0.15, 0.2) is 0 Å². The maximum absolute atomic E-state index is 10.7. The summed E-state index contributed by atoms with van der Waals surface area (Å²) < 4.78 is 0. The second-order valence-corrected chi connectivity index (χ2v) is 4.19. The summed E-state index contributed by atoms with van der Waals surface area (Å²) in [4.78, 5) is 10.7. The number of hydrogen-bond donors (Lipinski definition) is 0. The van der Waals surface area contributed by atoms with Crippen LogP contribution in [0, 0.1) is 22.0 Å². The molecule has 0 aromatic heterocycles. The molecule has 11 heavy (non-hydrogen) atoms. The molecule has 0 amide bonds. The number of fused-ring (bicyclic) bond motifs is 2. The molecule has 0 aromatic carbocycles. The first kappa shape index (κ1) is 7.07. The van der Waals surface area contributed by atoms with Crippen molar-refractivity contribution >= 4 is 0 Å². The number of nitro groups is 1. The Balaban J connectivity index is 2.23. The van der Waals surface area contributed by atoms with Crippen LogP contribution in [0.4, 0.5) is 0 Å². The Morgan fingerprint density at radius 1 is 1.55 bits per heavy atom. The lowest BCUT2D eigenvalue weighted by Gasteiger charge is -2.24. The third-order valence-corrected chi connectivity index (χ3v) is 3.54. The van der Waals surface area contributed by atoms with Crippen LogP contribution in [0.1, 0.15) is 32.6 Å². The number of rotatable bonds is 1. The van der Waals surface area contributed by atoms with Gasteiger partial charge >= 0.3 is 0 Å². The van der Waals surface area contributed by atoms with Crippen molar-refractivity contribution in [2.45, 2.75) is 38.1 Å². The van der Waals surface area contributed by atoms with Crippen molar-refractivity contribution in [3.63, 3.8) is 0 Å². The van der Waals surface area contributed by atoms with Crippen LogP contribution in [0.3, 0.4) is 0 Å². The summed E-state index contributed by atoms with van der Waals surface area (Å²) >= 11 is 0. The van der Waals surface area contributed by atoms with E-state index in [0.717, 1.165) is 19.3 Å². The topological polar surface area (TPSA) is 43.1 Å². The van der Waals surface area contributed by atoms with Gasteiger partial charge in [-0.3, -0.25) is 10.1 Å². The Labute approximate surface area is 65.9 Å². The average Bonchev–Trinajstić information content (AvgIpc) is 2.45. The van der Waals surface area contributed by atoms with Crippen LogP contribution in [-0.4, -0.2) is 10.5 Å². The Hall–Kier alpha value is -0.600. The summed E-state index contributed by atoms with van der Waals surface area (Å²) in [6.45, 7) is 1.82. The van der Waals surface area contributed by atoms with Crippen LogP contribution in [0.25, 0.3) is 0 Å². The Kier molecular flexibility index (Phi) is 1.26. The lowest BCUT2D eigenvalue weighted by molar-refractivity contribution is -0.574. The molecule has 0 N–H and O–H groups in total. The monoisotopic (exact) mass is 155 g/mol. The summed E-state index contributed by atoms with van der Waals surface area (Å²) in [6.07, 6.45) is 4.25. The van der Waals surface area contributed by atoms with Gasteiger partial charge in [-0.15, -0.1) is 0 Å². The molecule has 0 spiro atoms. The van der Waals surface area contributed by atoms with Gasteiger partial charge in [-0.2, -0.15) is 0 Å². The summed E-state index contributed by atoms with van der Waals surface area (Å²) in [5, 5.41) is 10.7. The SMILES string of the molecule is C[C@]1([N+](=O)[O-])C[C@H]2CC[C@@H]1C2. The van der Waals surface area contributed by atoms with Gasteiger partial charge in [0.2, 0.25) is 5.54 Å². The molecule has 62 valence electrons. The molecule has 0 aromatic rings. The Morgan fingerprint density at radius 2 is 2.27 bits per heavy atom. The highest BCUT2D eigenvalue weighted by atomic mass is 16.6. The lowest BCUT2D eigenvalue weighted by atomic mass is 9.83. The van der Waals surface area contributed by atoms with Gasteiger partial charge in [-0.25, -0.2) is 0 Å². The molecular formula is C8H13NO2. The normalized spacial score (nSPS) is 48.1. The molecule has 0 unspecified atom stereocenters. The predicted octanol–water partition coefficient (Wildman–Crippen LogP) is 1.84. The van der Waals surface area contributed by atoms with Gasteiger partial charge < -0.3 is 0 Å². The minimum Gasteiger partial charge on any atom is -0.264 e. The number of nitrogens with zero attached hydrogens (tertiary/aromatic N) is 1. The van der Waals surface area contributed by atoms with Crippen LogP contribution in [0.5, 0.6) is 0 Å². The first-order valence-corrected chi connectivity index (χ1v) is 4.27. The highest BCUT2D eigenvalue weighted by molar-refractivity contribution is 4.98. The molecule has 2 aliphatic rings. The second kappa shape index (κ2) is 1.96. The highest BCUT2D eigenvalue weighted by Crippen LogP contribution is 2.51. The molecule has 0 radical (unpaired) electrons. The molecular weight excluding hydrogens is 142 g/mol. The van der Waals surface area contributed by atoms with Gasteiger partial charge in [0.1, 0.15) is 0 Å². The van der Waals surface area contributed by atoms with Gasteiger partial charge in [0.15, 0.2) is 0 Å². The Bertz CT molecular complexity index is 204. The summed E-state index contributed by atoms with van der Waals surface area (Å²) in [7, 11) is 0. The zero-order chi connectivity index (χ0) is 8.06. The Morgan fingerprint density at radius 3 is 2.55 bits per heavy atom. The van der Waals surface area contributed by atoms with E-state index in [0.29, 0.717) is 11.8 Å². The minimum absolute atomic E-state index is 0.0587. The smallest absolute Gasteiger partial charge is 0.222 e. The van der Waals surface area contributed by atoms with E-state index < -0.39 is 5.54 Å². The third-order valence-electron chi connectivity index (χ3n) is 3.54. The largest absolute Gasteiger partial charge is 0.264 e. The fourth-order valence-corrected chi connectivity index (χ4v) is 2.80. The van der Waals surface area contributed by atoms with Crippen LogP contribution >= 0.6 is 0 Å². The highest BCUT2D eigenvalue weighted by Gasteiger charge is 2.56. The predicted molar refractivity (Wildman–Crippen MR) is 40.8 cm³/mol. The first-order valence-electron chi connectivity index (χ1n) is 4.27. The maximum Gasteiger partial charge on any atom is 0.222 e. The maximum atomic E-state index is 10.7. The van der Waals surface area contributed by atoms with Crippen LogP contribution < -0.4 is 0 Å². The van der Waals surface area contributed by atoms with Crippen molar-refractivity contribution in [1.29, 1.82) is 0 Å². The van der Waals surface area contributed by atoms with Crippen LogP contribution in [0.2, 0.25) is 0 Å². The molecule has 0 saturated heterocycles. The molecule has 2 fully saturated rings. The van der Waals surface area contributed by atoms with Crippen molar-refractivity contribution in [2.24, 2.45) is 11.8 Å². The standard InChI is InChI=1S/C8H13NO2/c1-8(9(10)11)5-6-2-3-7(8)4-6/h6-7H,2-5H2,1H3/t6-,7+,8-/m0/s1. The van der Waals surface area contributed by atoms with Crippen LogP contribution in [-0.2, 0) is 0 Å². The zero-order valence-corrected chi connectivity index (χ0v) is 6.75. The molecule has 3 atom stereocenters. The van der Waals surface area contributed by atoms with E-state index in [1.807, 2.05) is 6.92 Å². The molecule has 2 rings (SSSR count). The molecule has 3 heteroatoms. The fraction of sp³-hybridized carbons (Fsp3) is 1.00. The van der Waals surface area contributed by atoms with Crippen molar-refractivity contribution in [3.05, 3.63) is 10.1 Å². The van der Waals surface area contributed by atoms with Gasteiger partial charge in [-0.05, 0) is 25.2 Å². The van der Waals surface area contributed by atoms with Gasteiger partial charge in [0, 0.05) is 24.2 Å². The second-order valence-electron chi connectivity index (χ2n) is 4.19. The van der Waals surface area contributed by atoms with Crippen molar-refractivity contribution in [2.75, 3.05) is 0 Å². The summed E-state index contributed by atoms with van der Waals surface area (Å²) in [5.41, 5.74) is -0.567. The first-order chi connectivity index (χ1) is 5.13. The molecule has 0 aliphatic heterocycles. The fourth-order valence-electron chi connectivity index (χ4n) is 2.80. The summed E-state index contributed by atoms with van der Waals surface area (Å²) in [5.74, 6) is 1.04. The zero-order valence-electron chi connectivity index (χ0n) is 6.75. The average molecular weight is 155 g/mol. The van der Waals surface area contributed by atoms with Gasteiger partial charge in [0.25, 0.3) is 0 Å². The van der Waals surface area contributed by atoms with E-state index in [1.54, 1.807) is 0 Å². The van der Waals surface area contributed by atoms with E-state index in [2.05, 4.69) is 0 Å². The van der Waals surface area contributed by atoms with E-state index in [-0.39, 0.29) is 4.92 Å². The number of hydrogen-bond acceptors (Lipinski definition) is 2. The van der Waals surface area contributed by atoms with Crippen molar-refractivity contribution in [3.8, 4) is 0 Å². The van der Waals surface area contributed by atoms with Gasteiger partial charge in [0.05, 0.1) is 0 Å². The van der Waals surface area contributed by atoms with E-state index in [9.17, 15) is 10.1 Å². The minimum atomic E-state index is -0.567. The van der Waals surface area contributed by atoms with E-state index in [1.165, 1.54) is 6.42 Å². The van der Waals surface area contributed by atoms with E-state index >= 15 is 0 Å².